The molecule has 214 valence electrons. The second-order valence-corrected chi connectivity index (χ2v) is 11.1. The molecule has 40 heavy (non-hydrogen) atoms. The van der Waals surface area contributed by atoms with Crippen molar-refractivity contribution in [2.24, 2.45) is 5.92 Å². The van der Waals surface area contributed by atoms with Crippen molar-refractivity contribution in [3.63, 3.8) is 0 Å². The Morgan fingerprint density at radius 3 is 2.42 bits per heavy atom. The summed E-state index contributed by atoms with van der Waals surface area (Å²) in [5, 5.41) is -0.216. The van der Waals surface area contributed by atoms with Crippen molar-refractivity contribution in [2.45, 2.75) is 78.7 Å². The molecule has 1 unspecified atom stereocenters. The highest BCUT2D eigenvalue weighted by Crippen LogP contribution is 2.37. The topological polar surface area (TPSA) is 21.1 Å². The third-order valence-electron chi connectivity index (χ3n) is 7.36. The standard InChI is InChI=1S/C33H39ClF3N3/c1-4-6-19-39(22-27-17-12-18-28(30(27)34)33(35,36)37)23-29-31(25-14-9-8-10-15-25)38-32(40(29)20-7-5-2)26-16-11-13-24(3)21-26/h8-12,14-18,21,24H,4-7,13,19-20,22-23H2,1-3H3. The van der Waals surface area contributed by atoms with E-state index in [1.165, 1.54) is 6.07 Å². The highest BCUT2D eigenvalue weighted by atomic mass is 35.5. The SMILES string of the molecule is CCCCN(Cc1cccc(C(F)(F)F)c1Cl)Cc1c(-c2ccccc2)nc(C2=CC(C)CC=C2)n1CCCC. The van der Waals surface area contributed by atoms with Crippen LogP contribution in [-0.4, -0.2) is 21.0 Å². The minimum absolute atomic E-state index is 0.216. The zero-order valence-electron chi connectivity index (χ0n) is 23.6. The second kappa shape index (κ2) is 13.7. The van der Waals surface area contributed by atoms with Crippen molar-refractivity contribution in [3.8, 4) is 11.3 Å². The van der Waals surface area contributed by atoms with E-state index in [-0.39, 0.29) is 5.02 Å². The lowest BCUT2D eigenvalue weighted by Crippen LogP contribution is -2.26. The number of aromatic nitrogens is 2. The fourth-order valence-corrected chi connectivity index (χ4v) is 5.50. The van der Waals surface area contributed by atoms with Crippen LogP contribution in [0.4, 0.5) is 13.2 Å². The minimum atomic E-state index is -4.49. The molecule has 0 amide bonds. The average Bonchev–Trinajstić information content (AvgIpc) is 3.29. The molecule has 1 aliphatic rings. The Morgan fingerprint density at radius 2 is 1.75 bits per heavy atom. The average molecular weight is 570 g/mol. The summed E-state index contributed by atoms with van der Waals surface area (Å²) in [5.41, 5.74) is 3.87. The summed E-state index contributed by atoms with van der Waals surface area (Å²) in [4.78, 5) is 7.45. The third-order valence-corrected chi connectivity index (χ3v) is 7.81. The molecule has 0 saturated heterocycles. The zero-order chi connectivity index (χ0) is 28.7. The van der Waals surface area contributed by atoms with Crippen LogP contribution in [-0.2, 0) is 25.8 Å². The number of halogens is 4. The molecule has 4 rings (SSSR count). The van der Waals surface area contributed by atoms with Crippen LogP contribution in [0.25, 0.3) is 16.8 Å². The molecule has 3 nitrogen and oxygen atoms in total. The smallest absolute Gasteiger partial charge is 0.326 e. The summed E-state index contributed by atoms with van der Waals surface area (Å²) < 4.78 is 43.2. The first kappa shape index (κ1) is 30.1. The van der Waals surface area contributed by atoms with E-state index in [0.29, 0.717) is 24.6 Å². The maximum Gasteiger partial charge on any atom is 0.417 e. The van der Waals surface area contributed by atoms with Crippen LogP contribution in [0.3, 0.4) is 0 Å². The van der Waals surface area contributed by atoms with Gasteiger partial charge in [0.25, 0.3) is 0 Å². The Morgan fingerprint density at radius 1 is 1.00 bits per heavy atom. The fourth-order valence-electron chi connectivity index (χ4n) is 5.21. The molecule has 0 saturated carbocycles. The first-order valence-electron chi connectivity index (χ1n) is 14.3. The number of hydrogen-bond donors (Lipinski definition) is 0. The number of unbranched alkanes of at least 4 members (excludes halogenated alkanes) is 2. The molecule has 1 aromatic heterocycles. The summed E-state index contributed by atoms with van der Waals surface area (Å²) >= 11 is 6.34. The predicted octanol–water partition coefficient (Wildman–Crippen LogP) is 9.80. The van der Waals surface area contributed by atoms with Crippen LogP contribution in [0, 0.1) is 5.92 Å². The van der Waals surface area contributed by atoms with E-state index >= 15 is 0 Å². The highest BCUT2D eigenvalue weighted by molar-refractivity contribution is 6.32. The summed E-state index contributed by atoms with van der Waals surface area (Å²) in [6.07, 6.45) is 7.15. The number of allylic oxidation sites excluding steroid dienone is 4. The monoisotopic (exact) mass is 569 g/mol. The van der Waals surface area contributed by atoms with Gasteiger partial charge in [-0.3, -0.25) is 4.90 Å². The Bertz CT molecular complexity index is 1320. The van der Waals surface area contributed by atoms with Crippen molar-refractivity contribution in [2.75, 3.05) is 6.54 Å². The summed E-state index contributed by atoms with van der Waals surface area (Å²) in [6, 6.07) is 14.4. The molecule has 7 heteroatoms. The van der Waals surface area contributed by atoms with E-state index in [4.69, 9.17) is 16.6 Å². The maximum atomic E-state index is 13.6. The summed E-state index contributed by atoms with van der Waals surface area (Å²) in [5.74, 6) is 1.39. The lowest BCUT2D eigenvalue weighted by molar-refractivity contribution is -0.137. The molecule has 1 heterocycles. The lowest BCUT2D eigenvalue weighted by Gasteiger charge is -2.25. The molecule has 0 radical (unpaired) electrons. The van der Waals surface area contributed by atoms with Crippen molar-refractivity contribution >= 4 is 17.2 Å². The van der Waals surface area contributed by atoms with E-state index in [0.717, 1.165) is 79.6 Å². The lowest BCUT2D eigenvalue weighted by atomic mass is 9.97. The van der Waals surface area contributed by atoms with Crippen LogP contribution in [0.15, 0.2) is 66.8 Å². The summed E-state index contributed by atoms with van der Waals surface area (Å²) in [6.45, 7) is 8.97. The maximum absolute atomic E-state index is 13.6. The van der Waals surface area contributed by atoms with Gasteiger partial charge in [-0.25, -0.2) is 4.98 Å². The van der Waals surface area contributed by atoms with Gasteiger partial charge in [0.15, 0.2) is 0 Å². The fraction of sp³-hybridized carbons (Fsp3) is 0.424. The third kappa shape index (κ3) is 7.27. The molecular formula is C33H39ClF3N3. The van der Waals surface area contributed by atoms with Gasteiger partial charge >= 0.3 is 6.18 Å². The Labute approximate surface area is 241 Å². The normalized spacial score (nSPS) is 15.6. The number of benzene rings is 2. The molecule has 2 aromatic carbocycles. The van der Waals surface area contributed by atoms with Gasteiger partial charge in [-0.2, -0.15) is 13.2 Å². The number of imidazole rings is 1. The number of alkyl halides is 3. The van der Waals surface area contributed by atoms with Crippen molar-refractivity contribution < 1.29 is 13.2 Å². The zero-order valence-corrected chi connectivity index (χ0v) is 24.4. The quantitative estimate of drug-likeness (QED) is 0.216. The van der Waals surface area contributed by atoms with Crippen LogP contribution < -0.4 is 0 Å². The molecule has 0 bridgehead atoms. The molecule has 0 aliphatic heterocycles. The molecule has 3 aromatic rings. The molecule has 1 aliphatic carbocycles. The molecule has 1 atom stereocenters. The van der Waals surface area contributed by atoms with Crippen LogP contribution in [0.2, 0.25) is 5.02 Å². The number of rotatable bonds is 12. The molecule has 0 fully saturated rings. The first-order chi connectivity index (χ1) is 19.2. The Kier molecular flexibility index (Phi) is 10.3. The van der Waals surface area contributed by atoms with Crippen molar-refractivity contribution in [1.82, 2.24) is 14.5 Å². The van der Waals surface area contributed by atoms with E-state index in [1.54, 1.807) is 6.07 Å². The number of hydrogen-bond acceptors (Lipinski definition) is 2. The van der Waals surface area contributed by atoms with Crippen LogP contribution >= 0.6 is 11.6 Å². The highest BCUT2D eigenvalue weighted by Gasteiger charge is 2.34. The van der Waals surface area contributed by atoms with E-state index in [2.05, 4.69) is 60.6 Å². The van der Waals surface area contributed by atoms with E-state index in [9.17, 15) is 13.2 Å². The van der Waals surface area contributed by atoms with Crippen molar-refractivity contribution in [3.05, 3.63) is 94.4 Å². The predicted molar refractivity (Wildman–Crippen MR) is 159 cm³/mol. The van der Waals surface area contributed by atoms with Gasteiger partial charge in [-0.05, 0) is 43.4 Å². The minimum Gasteiger partial charge on any atom is -0.326 e. The van der Waals surface area contributed by atoms with Gasteiger partial charge in [0.2, 0.25) is 0 Å². The Hall–Kier alpha value is -2.83. The van der Waals surface area contributed by atoms with E-state index < -0.39 is 11.7 Å². The van der Waals surface area contributed by atoms with Crippen LogP contribution in [0.5, 0.6) is 0 Å². The largest absolute Gasteiger partial charge is 0.417 e. The second-order valence-electron chi connectivity index (χ2n) is 10.7. The Balaban J connectivity index is 1.81. The van der Waals surface area contributed by atoms with Gasteiger partial charge in [0, 0.05) is 30.8 Å². The first-order valence-corrected chi connectivity index (χ1v) is 14.7. The van der Waals surface area contributed by atoms with E-state index in [1.807, 2.05) is 18.2 Å². The van der Waals surface area contributed by atoms with Crippen LogP contribution in [0.1, 0.15) is 75.5 Å². The van der Waals surface area contributed by atoms with Gasteiger partial charge in [-0.15, -0.1) is 0 Å². The van der Waals surface area contributed by atoms with Gasteiger partial charge < -0.3 is 4.57 Å². The molecular weight excluding hydrogens is 531 g/mol. The van der Waals surface area contributed by atoms with Gasteiger partial charge in [-0.1, -0.05) is 106 Å². The van der Waals surface area contributed by atoms with Gasteiger partial charge in [0.05, 0.1) is 22.0 Å². The molecule has 0 spiro atoms. The summed E-state index contributed by atoms with van der Waals surface area (Å²) in [7, 11) is 0. The number of nitrogens with zero attached hydrogens (tertiary/aromatic N) is 3. The van der Waals surface area contributed by atoms with Crippen molar-refractivity contribution in [1.29, 1.82) is 0 Å². The van der Waals surface area contributed by atoms with Gasteiger partial charge in [0.1, 0.15) is 5.82 Å². The molecule has 0 N–H and O–H groups in total.